The molecule has 0 spiro atoms. The zero-order valence-corrected chi connectivity index (χ0v) is 11.8. The van der Waals surface area contributed by atoms with E-state index >= 15 is 0 Å². The first-order valence-corrected chi connectivity index (χ1v) is 7.06. The molecule has 0 saturated carbocycles. The van der Waals surface area contributed by atoms with E-state index in [9.17, 15) is 0 Å². The van der Waals surface area contributed by atoms with Gasteiger partial charge in [0.05, 0.1) is 7.11 Å². The molecule has 1 aromatic carbocycles. The summed E-state index contributed by atoms with van der Waals surface area (Å²) in [5.74, 6) is 1.09. The molecule has 0 aliphatic heterocycles. The van der Waals surface area contributed by atoms with Crippen LogP contribution in [0.2, 0.25) is 5.02 Å². The lowest BCUT2D eigenvalue weighted by Gasteiger charge is -2.18. The van der Waals surface area contributed by atoms with E-state index in [1.807, 2.05) is 18.2 Å². The summed E-state index contributed by atoms with van der Waals surface area (Å²) in [5, 5.41) is 2.80. The average Bonchev–Trinajstić information content (AvgIpc) is 2.88. The van der Waals surface area contributed by atoms with Crippen LogP contribution in [0, 0.1) is 0 Å². The summed E-state index contributed by atoms with van der Waals surface area (Å²) in [6.45, 7) is 0.578. The van der Waals surface area contributed by atoms with Crippen LogP contribution < -0.4 is 10.5 Å². The van der Waals surface area contributed by atoms with Gasteiger partial charge in [-0.2, -0.15) is 0 Å². The molecular formula is C14H16ClNOS. The van der Waals surface area contributed by atoms with Crippen LogP contribution in [-0.2, 0) is 6.42 Å². The molecule has 18 heavy (non-hydrogen) atoms. The fourth-order valence-corrected chi connectivity index (χ4v) is 2.98. The molecule has 1 unspecified atom stereocenters. The molecule has 0 aliphatic carbocycles. The molecule has 0 amide bonds. The normalized spacial score (nSPS) is 12.4. The molecule has 0 aliphatic rings. The Kier molecular flexibility index (Phi) is 4.64. The highest BCUT2D eigenvalue weighted by molar-refractivity contribution is 7.09. The zero-order valence-electron chi connectivity index (χ0n) is 10.2. The van der Waals surface area contributed by atoms with Gasteiger partial charge in [0.25, 0.3) is 0 Å². The van der Waals surface area contributed by atoms with Crippen molar-refractivity contribution >= 4 is 22.9 Å². The molecule has 2 rings (SSSR count). The maximum absolute atomic E-state index is 6.06. The fourth-order valence-electron chi connectivity index (χ4n) is 2.02. The number of hydrogen-bond acceptors (Lipinski definition) is 3. The van der Waals surface area contributed by atoms with Gasteiger partial charge in [-0.3, -0.25) is 0 Å². The van der Waals surface area contributed by atoms with E-state index in [4.69, 9.17) is 22.1 Å². The molecule has 0 saturated heterocycles. The second kappa shape index (κ2) is 6.23. The van der Waals surface area contributed by atoms with Gasteiger partial charge in [-0.25, -0.2) is 0 Å². The topological polar surface area (TPSA) is 35.2 Å². The van der Waals surface area contributed by atoms with Crippen molar-refractivity contribution in [1.29, 1.82) is 0 Å². The van der Waals surface area contributed by atoms with Crippen molar-refractivity contribution < 1.29 is 4.74 Å². The van der Waals surface area contributed by atoms with Crippen molar-refractivity contribution in [3.05, 3.63) is 51.2 Å². The molecule has 0 radical (unpaired) electrons. The summed E-state index contributed by atoms with van der Waals surface area (Å²) in [6.07, 6.45) is 0.921. The summed E-state index contributed by atoms with van der Waals surface area (Å²) in [6, 6.07) is 9.87. The van der Waals surface area contributed by atoms with Crippen LogP contribution in [0.5, 0.6) is 5.75 Å². The number of nitrogens with two attached hydrogens (primary N) is 1. The first kappa shape index (κ1) is 13.4. The van der Waals surface area contributed by atoms with Gasteiger partial charge in [0, 0.05) is 21.4 Å². The molecule has 1 atom stereocenters. The van der Waals surface area contributed by atoms with E-state index in [1.54, 1.807) is 18.4 Å². The predicted molar refractivity (Wildman–Crippen MR) is 77.8 cm³/mol. The quantitative estimate of drug-likeness (QED) is 0.907. The van der Waals surface area contributed by atoms with Crippen molar-refractivity contribution in [2.45, 2.75) is 12.3 Å². The van der Waals surface area contributed by atoms with Crippen LogP contribution in [-0.4, -0.2) is 13.7 Å². The number of halogens is 1. The fraction of sp³-hybridized carbons (Fsp3) is 0.286. The third-order valence-electron chi connectivity index (χ3n) is 2.94. The SMILES string of the molecule is COc1ccc(Cl)cc1C(CN)Cc1cccs1. The van der Waals surface area contributed by atoms with E-state index in [0.717, 1.165) is 22.8 Å². The van der Waals surface area contributed by atoms with Crippen molar-refractivity contribution in [3.63, 3.8) is 0 Å². The molecule has 1 heterocycles. The van der Waals surface area contributed by atoms with Crippen molar-refractivity contribution in [2.75, 3.05) is 13.7 Å². The van der Waals surface area contributed by atoms with Gasteiger partial charge in [0.15, 0.2) is 0 Å². The van der Waals surface area contributed by atoms with Gasteiger partial charge in [-0.1, -0.05) is 17.7 Å². The Balaban J connectivity index is 2.28. The highest BCUT2D eigenvalue weighted by atomic mass is 35.5. The standard InChI is InChI=1S/C14H16ClNOS/c1-17-14-5-4-11(15)8-13(14)10(9-16)7-12-3-2-6-18-12/h2-6,8,10H,7,9,16H2,1H3. The first-order valence-electron chi connectivity index (χ1n) is 5.80. The van der Waals surface area contributed by atoms with Crippen LogP contribution >= 0.6 is 22.9 Å². The lowest BCUT2D eigenvalue weighted by atomic mass is 9.94. The number of ether oxygens (including phenoxy) is 1. The average molecular weight is 282 g/mol. The summed E-state index contributed by atoms with van der Waals surface area (Å²) in [7, 11) is 1.67. The zero-order chi connectivity index (χ0) is 13.0. The Morgan fingerprint density at radius 1 is 1.39 bits per heavy atom. The summed E-state index contributed by atoms with van der Waals surface area (Å²) in [5.41, 5.74) is 6.99. The molecule has 0 bridgehead atoms. The molecule has 2 nitrogen and oxygen atoms in total. The van der Waals surface area contributed by atoms with Gasteiger partial charge < -0.3 is 10.5 Å². The number of thiophene rings is 1. The minimum absolute atomic E-state index is 0.234. The Bertz CT molecular complexity index is 499. The second-order valence-electron chi connectivity index (χ2n) is 4.10. The summed E-state index contributed by atoms with van der Waals surface area (Å²) >= 11 is 7.81. The van der Waals surface area contributed by atoms with Crippen LogP contribution in [0.3, 0.4) is 0 Å². The Morgan fingerprint density at radius 2 is 2.22 bits per heavy atom. The highest BCUT2D eigenvalue weighted by Gasteiger charge is 2.16. The number of hydrogen-bond donors (Lipinski definition) is 1. The van der Waals surface area contributed by atoms with E-state index in [-0.39, 0.29) is 5.92 Å². The maximum Gasteiger partial charge on any atom is 0.122 e. The van der Waals surface area contributed by atoms with E-state index in [1.165, 1.54) is 4.88 Å². The Labute approximate surface area is 116 Å². The van der Waals surface area contributed by atoms with E-state index in [0.29, 0.717) is 6.54 Å². The van der Waals surface area contributed by atoms with Gasteiger partial charge >= 0.3 is 0 Å². The molecule has 96 valence electrons. The Morgan fingerprint density at radius 3 is 2.83 bits per heavy atom. The molecular weight excluding hydrogens is 266 g/mol. The smallest absolute Gasteiger partial charge is 0.122 e. The van der Waals surface area contributed by atoms with Crippen LogP contribution in [0.4, 0.5) is 0 Å². The highest BCUT2D eigenvalue weighted by Crippen LogP contribution is 2.32. The molecule has 2 N–H and O–H groups in total. The lowest BCUT2D eigenvalue weighted by molar-refractivity contribution is 0.405. The summed E-state index contributed by atoms with van der Waals surface area (Å²) < 4.78 is 5.39. The Hall–Kier alpha value is -1.03. The summed E-state index contributed by atoms with van der Waals surface area (Å²) in [4.78, 5) is 1.33. The number of benzene rings is 1. The van der Waals surface area contributed by atoms with Crippen molar-refractivity contribution in [1.82, 2.24) is 0 Å². The number of methoxy groups -OCH3 is 1. The predicted octanol–water partition coefficient (Wildman–Crippen LogP) is 3.70. The van der Waals surface area contributed by atoms with E-state index in [2.05, 4.69) is 17.5 Å². The third kappa shape index (κ3) is 3.05. The van der Waals surface area contributed by atoms with Crippen LogP contribution in [0.15, 0.2) is 35.7 Å². The maximum atomic E-state index is 6.06. The third-order valence-corrected chi connectivity index (χ3v) is 4.08. The minimum atomic E-state index is 0.234. The van der Waals surface area contributed by atoms with Crippen molar-refractivity contribution in [3.8, 4) is 5.75 Å². The van der Waals surface area contributed by atoms with Crippen LogP contribution in [0.1, 0.15) is 16.4 Å². The molecule has 4 heteroatoms. The van der Waals surface area contributed by atoms with Gasteiger partial charge in [-0.15, -0.1) is 11.3 Å². The van der Waals surface area contributed by atoms with Crippen molar-refractivity contribution in [2.24, 2.45) is 5.73 Å². The van der Waals surface area contributed by atoms with Crippen LogP contribution in [0.25, 0.3) is 0 Å². The second-order valence-corrected chi connectivity index (χ2v) is 5.57. The molecule has 0 fully saturated rings. The van der Waals surface area contributed by atoms with E-state index < -0.39 is 0 Å². The largest absolute Gasteiger partial charge is 0.496 e. The molecule has 2 aromatic rings. The molecule has 1 aromatic heterocycles. The van der Waals surface area contributed by atoms with Gasteiger partial charge in [0.2, 0.25) is 0 Å². The first-order chi connectivity index (χ1) is 8.74. The minimum Gasteiger partial charge on any atom is -0.496 e. The number of rotatable bonds is 5. The lowest BCUT2D eigenvalue weighted by Crippen LogP contribution is -2.15. The van der Waals surface area contributed by atoms with Gasteiger partial charge in [-0.05, 0) is 42.6 Å². The van der Waals surface area contributed by atoms with Gasteiger partial charge in [0.1, 0.15) is 5.75 Å². The monoisotopic (exact) mass is 281 g/mol.